The first kappa shape index (κ1) is 9.77. The number of carbonyl (C=O) groups excluding carboxylic acids is 1. The molecule has 80 valence electrons. The normalized spacial score (nSPS) is 24.5. The van der Waals surface area contributed by atoms with E-state index in [0.29, 0.717) is 0 Å². The molecule has 1 saturated heterocycles. The summed E-state index contributed by atoms with van der Waals surface area (Å²) in [6, 6.07) is 0.266. The fourth-order valence-corrected chi connectivity index (χ4v) is 1.79. The van der Waals surface area contributed by atoms with Gasteiger partial charge in [-0.15, -0.1) is 0 Å². The molecule has 0 aromatic rings. The quantitative estimate of drug-likeness (QED) is 0.686. The molecule has 0 spiro atoms. The van der Waals surface area contributed by atoms with Crippen molar-refractivity contribution in [2.45, 2.75) is 44.2 Å². The molecule has 1 saturated carbocycles. The maximum absolute atomic E-state index is 11.6. The Morgan fingerprint density at radius 1 is 1.21 bits per heavy atom. The van der Waals surface area contributed by atoms with Crippen LogP contribution >= 0.6 is 0 Å². The molecule has 2 fully saturated rings. The van der Waals surface area contributed by atoms with Crippen LogP contribution in [0.5, 0.6) is 0 Å². The van der Waals surface area contributed by atoms with Crippen LogP contribution in [-0.2, 0) is 4.74 Å². The van der Waals surface area contributed by atoms with E-state index in [0.717, 1.165) is 38.8 Å². The number of hydrogen-bond acceptors (Lipinski definition) is 3. The summed E-state index contributed by atoms with van der Waals surface area (Å²) in [6.45, 7) is 1.51. The van der Waals surface area contributed by atoms with E-state index in [-0.39, 0.29) is 18.2 Å². The average Bonchev–Trinajstić information content (AvgIpc) is 2.12. The van der Waals surface area contributed by atoms with Crippen LogP contribution in [0.4, 0.5) is 4.79 Å². The highest BCUT2D eigenvalue weighted by Crippen LogP contribution is 2.23. The van der Waals surface area contributed by atoms with Crippen molar-refractivity contribution >= 4 is 6.09 Å². The van der Waals surface area contributed by atoms with E-state index >= 15 is 0 Å². The molecule has 0 atom stereocenters. The van der Waals surface area contributed by atoms with Gasteiger partial charge in [0, 0.05) is 19.1 Å². The van der Waals surface area contributed by atoms with E-state index in [1.54, 1.807) is 4.90 Å². The Labute approximate surface area is 84.4 Å². The number of likely N-dealkylation sites (tertiary alicyclic amines) is 1. The molecule has 0 unspecified atom stereocenters. The standard InChI is InChI=1S/C10H18N2O2/c11-8-4-6-12(7-5-8)10(13)14-9-2-1-3-9/h8-9H,1-7,11H2. The second-order valence-electron chi connectivity index (χ2n) is 4.26. The second-order valence-corrected chi connectivity index (χ2v) is 4.26. The summed E-state index contributed by atoms with van der Waals surface area (Å²) >= 11 is 0. The first-order valence-corrected chi connectivity index (χ1v) is 5.47. The summed E-state index contributed by atoms with van der Waals surface area (Å²) in [6.07, 6.45) is 5.14. The largest absolute Gasteiger partial charge is 0.446 e. The van der Waals surface area contributed by atoms with Gasteiger partial charge >= 0.3 is 6.09 Å². The lowest BCUT2D eigenvalue weighted by atomic mass is 9.96. The molecule has 1 aliphatic heterocycles. The van der Waals surface area contributed by atoms with Crippen LogP contribution in [0, 0.1) is 0 Å². The summed E-state index contributed by atoms with van der Waals surface area (Å²) in [4.78, 5) is 13.4. The number of rotatable bonds is 1. The number of nitrogens with two attached hydrogens (primary N) is 1. The Balaban J connectivity index is 1.74. The third kappa shape index (κ3) is 2.18. The molecule has 0 aromatic carbocycles. The number of piperidine rings is 1. The molecule has 14 heavy (non-hydrogen) atoms. The highest BCUT2D eigenvalue weighted by molar-refractivity contribution is 5.68. The van der Waals surface area contributed by atoms with Gasteiger partial charge in [0.1, 0.15) is 6.10 Å². The van der Waals surface area contributed by atoms with Crippen LogP contribution in [0.25, 0.3) is 0 Å². The Bertz CT molecular complexity index is 208. The minimum Gasteiger partial charge on any atom is -0.446 e. The second kappa shape index (κ2) is 4.17. The van der Waals surface area contributed by atoms with Crippen molar-refractivity contribution < 1.29 is 9.53 Å². The van der Waals surface area contributed by atoms with Crippen molar-refractivity contribution in [3.05, 3.63) is 0 Å². The Kier molecular flexibility index (Phi) is 2.91. The van der Waals surface area contributed by atoms with Gasteiger partial charge in [0.2, 0.25) is 0 Å². The van der Waals surface area contributed by atoms with E-state index in [1.807, 2.05) is 0 Å². The topological polar surface area (TPSA) is 55.6 Å². The SMILES string of the molecule is NC1CCN(C(=O)OC2CCC2)CC1. The summed E-state index contributed by atoms with van der Waals surface area (Å²) < 4.78 is 5.31. The van der Waals surface area contributed by atoms with Gasteiger partial charge in [0.15, 0.2) is 0 Å². The predicted molar refractivity (Wildman–Crippen MR) is 52.9 cm³/mol. The maximum Gasteiger partial charge on any atom is 0.410 e. The van der Waals surface area contributed by atoms with Crippen molar-refractivity contribution in [2.75, 3.05) is 13.1 Å². The number of ether oxygens (including phenoxy) is 1. The van der Waals surface area contributed by atoms with Crippen molar-refractivity contribution in [1.82, 2.24) is 4.90 Å². The van der Waals surface area contributed by atoms with Crippen molar-refractivity contribution in [3.63, 3.8) is 0 Å². The molecule has 4 heteroatoms. The fourth-order valence-electron chi connectivity index (χ4n) is 1.79. The van der Waals surface area contributed by atoms with Gasteiger partial charge in [-0.25, -0.2) is 4.79 Å². The van der Waals surface area contributed by atoms with E-state index in [9.17, 15) is 4.79 Å². The zero-order valence-corrected chi connectivity index (χ0v) is 8.45. The Morgan fingerprint density at radius 3 is 2.36 bits per heavy atom. The van der Waals surface area contributed by atoms with Crippen LogP contribution in [-0.4, -0.2) is 36.2 Å². The van der Waals surface area contributed by atoms with Crippen LogP contribution in [0.15, 0.2) is 0 Å². The zero-order valence-electron chi connectivity index (χ0n) is 8.45. The lowest BCUT2D eigenvalue weighted by Crippen LogP contribution is -2.44. The Hall–Kier alpha value is -0.770. The molecule has 0 aromatic heterocycles. The molecule has 1 heterocycles. The summed E-state index contributed by atoms with van der Waals surface area (Å²) in [5.41, 5.74) is 5.76. The third-order valence-electron chi connectivity index (χ3n) is 3.12. The number of nitrogens with zero attached hydrogens (tertiary/aromatic N) is 1. The smallest absolute Gasteiger partial charge is 0.410 e. The van der Waals surface area contributed by atoms with Crippen molar-refractivity contribution in [1.29, 1.82) is 0 Å². The van der Waals surface area contributed by atoms with E-state index in [1.165, 1.54) is 6.42 Å². The molecule has 4 nitrogen and oxygen atoms in total. The van der Waals surface area contributed by atoms with Gasteiger partial charge in [-0.1, -0.05) is 0 Å². The lowest BCUT2D eigenvalue weighted by Gasteiger charge is -2.33. The van der Waals surface area contributed by atoms with Crippen molar-refractivity contribution in [2.24, 2.45) is 5.73 Å². The van der Waals surface area contributed by atoms with Gasteiger partial charge < -0.3 is 15.4 Å². The van der Waals surface area contributed by atoms with Crippen LogP contribution < -0.4 is 5.73 Å². The molecule has 1 amide bonds. The molecule has 0 bridgehead atoms. The fraction of sp³-hybridized carbons (Fsp3) is 0.900. The molecule has 1 aliphatic carbocycles. The minimum atomic E-state index is -0.137. The minimum absolute atomic E-state index is 0.137. The van der Waals surface area contributed by atoms with Gasteiger partial charge in [-0.3, -0.25) is 0 Å². The van der Waals surface area contributed by atoms with Crippen molar-refractivity contribution in [3.8, 4) is 0 Å². The molecule has 2 rings (SSSR count). The van der Waals surface area contributed by atoms with Gasteiger partial charge in [-0.2, -0.15) is 0 Å². The van der Waals surface area contributed by atoms with E-state index in [4.69, 9.17) is 10.5 Å². The number of amides is 1. The number of hydrogen-bond donors (Lipinski definition) is 1. The predicted octanol–water partition coefficient (Wildman–Crippen LogP) is 1.10. The van der Waals surface area contributed by atoms with Gasteiger partial charge in [0.25, 0.3) is 0 Å². The third-order valence-corrected chi connectivity index (χ3v) is 3.12. The molecular weight excluding hydrogens is 180 g/mol. The average molecular weight is 198 g/mol. The van der Waals surface area contributed by atoms with Gasteiger partial charge in [-0.05, 0) is 32.1 Å². The summed E-state index contributed by atoms with van der Waals surface area (Å²) in [5.74, 6) is 0. The molecule has 2 N–H and O–H groups in total. The number of carbonyl (C=O) groups is 1. The molecule has 2 aliphatic rings. The lowest BCUT2D eigenvalue weighted by molar-refractivity contribution is 0.0227. The van der Waals surface area contributed by atoms with Crippen LogP contribution in [0.1, 0.15) is 32.1 Å². The van der Waals surface area contributed by atoms with E-state index < -0.39 is 0 Å². The van der Waals surface area contributed by atoms with E-state index in [2.05, 4.69) is 0 Å². The molecular formula is C10H18N2O2. The maximum atomic E-state index is 11.6. The van der Waals surface area contributed by atoms with Crippen LogP contribution in [0.3, 0.4) is 0 Å². The van der Waals surface area contributed by atoms with Gasteiger partial charge in [0.05, 0.1) is 0 Å². The summed E-state index contributed by atoms with van der Waals surface area (Å²) in [5, 5.41) is 0. The highest BCUT2D eigenvalue weighted by Gasteiger charge is 2.26. The first-order chi connectivity index (χ1) is 6.75. The summed E-state index contributed by atoms with van der Waals surface area (Å²) in [7, 11) is 0. The Morgan fingerprint density at radius 2 is 1.86 bits per heavy atom. The molecule has 0 radical (unpaired) electrons. The zero-order chi connectivity index (χ0) is 9.97. The highest BCUT2D eigenvalue weighted by atomic mass is 16.6. The first-order valence-electron chi connectivity index (χ1n) is 5.47. The monoisotopic (exact) mass is 198 g/mol. The van der Waals surface area contributed by atoms with Crippen LogP contribution in [0.2, 0.25) is 0 Å².